The van der Waals surface area contributed by atoms with Crippen molar-refractivity contribution in [1.82, 2.24) is 9.80 Å². The number of benzene rings is 2. The van der Waals surface area contributed by atoms with Crippen LogP contribution in [-0.2, 0) is 28.7 Å². The molecule has 2 N–H and O–H groups in total. The minimum Gasteiger partial charge on any atom is -0.488 e. The number of amides is 2. The molecule has 0 spiro atoms. The van der Waals surface area contributed by atoms with E-state index in [2.05, 4.69) is 5.32 Å². The Morgan fingerprint density at radius 3 is 2.40 bits per heavy atom. The van der Waals surface area contributed by atoms with E-state index in [9.17, 15) is 41.0 Å². The second-order valence-electron chi connectivity index (χ2n) is 10.8. The standard InChI is InChI=1S/C29H35F6N3O4/c1-18-14-38(19(2)17-39)27(41)13-21-12-23(36-26(40)10-11-28(30,31)32)8-9-24(21)42-25(18)16-37(3)15-20-4-6-22(7-5-20)29(33,34)35/h4-9,12,18-19,25,39H,10-11,13-17H2,1-3H3,(H,36,40)/t18-,19-,25+/m0/s1. The Morgan fingerprint density at radius 1 is 1.14 bits per heavy atom. The molecule has 0 unspecified atom stereocenters. The molecule has 3 rings (SSSR count). The summed E-state index contributed by atoms with van der Waals surface area (Å²) in [5.41, 5.74) is 0.547. The summed E-state index contributed by atoms with van der Waals surface area (Å²) in [7, 11) is 1.79. The van der Waals surface area contributed by atoms with Crippen LogP contribution in [0.4, 0.5) is 32.0 Å². The summed E-state index contributed by atoms with van der Waals surface area (Å²) in [6.07, 6.45) is -11.5. The first-order valence-electron chi connectivity index (χ1n) is 13.5. The smallest absolute Gasteiger partial charge is 0.416 e. The number of anilines is 1. The number of fused-ring (bicyclic) bond motifs is 1. The summed E-state index contributed by atoms with van der Waals surface area (Å²) >= 11 is 0. The second kappa shape index (κ2) is 13.8. The van der Waals surface area contributed by atoms with E-state index < -0.39 is 48.8 Å². The van der Waals surface area contributed by atoms with Crippen LogP contribution in [0.3, 0.4) is 0 Å². The van der Waals surface area contributed by atoms with Gasteiger partial charge in [-0.15, -0.1) is 0 Å². The van der Waals surface area contributed by atoms with Crippen LogP contribution < -0.4 is 10.1 Å². The largest absolute Gasteiger partial charge is 0.488 e. The van der Waals surface area contributed by atoms with Gasteiger partial charge in [0.2, 0.25) is 11.8 Å². The Bertz CT molecular complexity index is 1220. The van der Waals surface area contributed by atoms with E-state index >= 15 is 0 Å². The molecule has 42 heavy (non-hydrogen) atoms. The quantitative estimate of drug-likeness (QED) is 0.382. The summed E-state index contributed by atoms with van der Waals surface area (Å²) in [5, 5.41) is 12.2. The Morgan fingerprint density at radius 2 is 1.81 bits per heavy atom. The zero-order valence-electron chi connectivity index (χ0n) is 23.6. The molecule has 7 nitrogen and oxygen atoms in total. The Balaban J connectivity index is 1.83. The van der Waals surface area contributed by atoms with Gasteiger partial charge in [0.15, 0.2) is 0 Å². The summed E-state index contributed by atoms with van der Waals surface area (Å²) in [5.74, 6) is -0.998. The minimum absolute atomic E-state index is 0.132. The molecule has 0 aliphatic carbocycles. The maximum atomic E-state index is 13.3. The third kappa shape index (κ3) is 9.62. The van der Waals surface area contributed by atoms with Crippen LogP contribution in [0, 0.1) is 5.92 Å². The molecule has 0 aromatic heterocycles. The average Bonchev–Trinajstić information content (AvgIpc) is 2.94. The molecule has 0 saturated heterocycles. The van der Waals surface area contributed by atoms with E-state index in [0.717, 1.165) is 12.1 Å². The molecule has 13 heteroatoms. The van der Waals surface area contributed by atoms with Crippen molar-refractivity contribution in [3.05, 3.63) is 59.2 Å². The van der Waals surface area contributed by atoms with Crippen molar-refractivity contribution in [2.75, 3.05) is 32.1 Å². The molecular weight excluding hydrogens is 568 g/mol. The number of hydrogen-bond acceptors (Lipinski definition) is 5. The highest BCUT2D eigenvalue weighted by Gasteiger charge is 2.32. The van der Waals surface area contributed by atoms with Crippen molar-refractivity contribution in [3.63, 3.8) is 0 Å². The number of aliphatic hydroxyl groups excluding tert-OH is 1. The fourth-order valence-corrected chi connectivity index (χ4v) is 4.69. The van der Waals surface area contributed by atoms with Crippen LogP contribution in [-0.4, -0.2) is 71.8 Å². The number of carbonyl (C=O) groups is 2. The van der Waals surface area contributed by atoms with Gasteiger partial charge in [-0.25, -0.2) is 0 Å². The maximum Gasteiger partial charge on any atom is 0.416 e. The lowest BCUT2D eigenvalue weighted by Gasteiger charge is -2.34. The van der Waals surface area contributed by atoms with Crippen molar-refractivity contribution in [2.24, 2.45) is 5.92 Å². The summed E-state index contributed by atoms with van der Waals surface area (Å²) in [6, 6.07) is 8.88. The molecule has 3 atom stereocenters. The highest BCUT2D eigenvalue weighted by Crippen LogP contribution is 2.31. The van der Waals surface area contributed by atoms with Gasteiger partial charge >= 0.3 is 12.4 Å². The highest BCUT2D eigenvalue weighted by atomic mass is 19.4. The van der Waals surface area contributed by atoms with Crippen LogP contribution in [0.15, 0.2) is 42.5 Å². The Labute approximate surface area is 240 Å². The fraction of sp³-hybridized carbons (Fsp3) is 0.517. The number of rotatable bonds is 9. The third-order valence-corrected chi connectivity index (χ3v) is 7.06. The van der Waals surface area contributed by atoms with E-state index in [1.54, 1.807) is 24.9 Å². The molecule has 2 amide bonds. The number of likely N-dealkylation sites (N-methyl/N-ethyl adjacent to an activating group) is 1. The Hall–Kier alpha value is -3.32. The van der Waals surface area contributed by atoms with E-state index in [1.807, 2.05) is 11.8 Å². The van der Waals surface area contributed by atoms with Crippen LogP contribution in [0.25, 0.3) is 0 Å². The second-order valence-corrected chi connectivity index (χ2v) is 10.8. The molecule has 1 aliphatic rings. The summed E-state index contributed by atoms with van der Waals surface area (Å²) in [4.78, 5) is 28.8. The lowest BCUT2D eigenvalue weighted by molar-refractivity contribution is -0.142. The first kappa shape index (κ1) is 33.2. The monoisotopic (exact) mass is 603 g/mol. The predicted molar refractivity (Wildman–Crippen MR) is 144 cm³/mol. The predicted octanol–water partition coefficient (Wildman–Crippen LogP) is 5.27. The molecule has 232 valence electrons. The molecule has 2 aromatic rings. The first-order valence-corrected chi connectivity index (χ1v) is 13.5. The first-order chi connectivity index (χ1) is 19.6. The summed E-state index contributed by atoms with van der Waals surface area (Å²) < 4.78 is 82.7. The zero-order valence-corrected chi connectivity index (χ0v) is 23.6. The van der Waals surface area contributed by atoms with Crippen molar-refractivity contribution >= 4 is 17.5 Å². The number of aliphatic hydroxyl groups is 1. The van der Waals surface area contributed by atoms with Gasteiger partial charge in [0.05, 0.1) is 31.1 Å². The van der Waals surface area contributed by atoms with Crippen LogP contribution >= 0.6 is 0 Å². The molecule has 0 bridgehead atoms. The average molecular weight is 604 g/mol. The number of halogens is 6. The molecule has 0 radical (unpaired) electrons. The molecule has 0 fully saturated rings. The SMILES string of the molecule is C[C@H]1CN([C@@H](C)CO)C(=O)Cc2cc(NC(=O)CCC(F)(F)F)ccc2O[C@@H]1CN(C)Cc1ccc(C(F)(F)F)cc1. The number of nitrogens with zero attached hydrogens (tertiary/aromatic N) is 2. The lowest BCUT2D eigenvalue weighted by Crippen LogP contribution is -2.47. The van der Waals surface area contributed by atoms with Gasteiger partial charge in [-0.1, -0.05) is 19.1 Å². The van der Waals surface area contributed by atoms with Gasteiger partial charge in [0, 0.05) is 43.2 Å². The minimum atomic E-state index is -4.47. The van der Waals surface area contributed by atoms with Gasteiger partial charge in [-0.05, 0) is 49.9 Å². The number of hydrogen-bond donors (Lipinski definition) is 2. The van der Waals surface area contributed by atoms with Crippen LogP contribution in [0.2, 0.25) is 0 Å². The van der Waals surface area contributed by atoms with Crippen LogP contribution in [0.1, 0.15) is 43.4 Å². The number of nitrogens with one attached hydrogen (secondary N) is 1. The van der Waals surface area contributed by atoms with Gasteiger partial charge in [-0.2, -0.15) is 26.3 Å². The van der Waals surface area contributed by atoms with Crippen molar-refractivity contribution < 1.29 is 45.8 Å². The molecule has 1 aliphatic heterocycles. The zero-order chi connectivity index (χ0) is 31.2. The molecule has 0 saturated carbocycles. The van der Waals surface area contributed by atoms with E-state index in [0.29, 0.717) is 30.0 Å². The van der Waals surface area contributed by atoms with Crippen LogP contribution in [0.5, 0.6) is 5.75 Å². The number of ether oxygens (including phenoxy) is 1. The third-order valence-electron chi connectivity index (χ3n) is 7.06. The Kier molecular flexibility index (Phi) is 10.9. The maximum absolute atomic E-state index is 13.3. The lowest BCUT2D eigenvalue weighted by atomic mass is 10.0. The highest BCUT2D eigenvalue weighted by molar-refractivity contribution is 5.91. The van der Waals surface area contributed by atoms with E-state index in [4.69, 9.17) is 4.74 Å². The number of carbonyl (C=O) groups excluding carboxylic acids is 2. The normalized spacial score (nSPS) is 18.9. The molecule has 1 heterocycles. The topological polar surface area (TPSA) is 82.1 Å². The summed E-state index contributed by atoms with van der Waals surface area (Å²) in [6.45, 7) is 4.24. The van der Waals surface area contributed by atoms with Crippen molar-refractivity contribution in [3.8, 4) is 5.75 Å². The fourth-order valence-electron chi connectivity index (χ4n) is 4.69. The van der Waals surface area contributed by atoms with E-state index in [-0.39, 0.29) is 37.1 Å². The van der Waals surface area contributed by atoms with Gasteiger partial charge in [0.1, 0.15) is 11.9 Å². The van der Waals surface area contributed by atoms with Gasteiger partial charge in [0.25, 0.3) is 0 Å². The van der Waals surface area contributed by atoms with Gasteiger partial charge < -0.3 is 20.1 Å². The molecule has 2 aromatic carbocycles. The van der Waals surface area contributed by atoms with Gasteiger partial charge in [-0.3, -0.25) is 14.5 Å². The van der Waals surface area contributed by atoms with Crippen molar-refractivity contribution in [1.29, 1.82) is 0 Å². The molecular formula is C29H35F6N3O4. The number of alkyl halides is 6. The van der Waals surface area contributed by atoms with Crippen molar-refractivity contribution in [2.45, 2.75) is 64.2 Å². The van der Waals surface area contributed by atoms with E-state index in [1.165, 1.54) is 24.3 Å².